The van der Waals surface area contributed by atoms with E-state index in [2.05, 4.69) is 20.7 Å². The van der Waals surface area contributed by atoms with Crippen molar-refractivity contribution < 1.29 is 46.1 Å². The van der Waals surface area contributed by atoms with E-state index in [9.17, 15) is 31.2 Å². The average molecular weight is 770 g/mol. The highest BCUT2D eigenvalue weighted by Gasteiger charge is 2.47. The lowest BCUT2D eigenvalue weighted by molar-refractivity contribution is -0.190. The van der Waals surface area contributed by atoms with Crippen LogP contribution < -0.4 is 9.46 Å². The molecular formula is C31H37BrClF3N4O6S. The quantitative estimate of drug-likeness (QED) is 0.412. The normalized spacial score (nSPS) is 25.1. The van der Waals surface area contributed by atoms with E-state index in [1.54, 1.807) is 32.9 Å². The van der Waals surface area contributed by atoms with Crippen molar-refractivity contribution in [2.45, 2.75) is 81.4 Å². The third-order valence-corrected chi connectivity index (χ3v) is 10.5. The zero-order valence-electron chi connectivity index (χ0n) is 30.0. The first-order valence-corrected chi connectivity index (χ1v) is 17.5. The van der Waals surface area contributed by atoms with E-state index >= 15 is 0 Å². The smallest absolute Gasteiger partial charge is 0.471 e. The lowest BCUT2D eigenvalue weighted by atomic mass is 10.1. The number of hydrogen-bond donors (Lipinski definition) is 1. The molecule has 47 heavy (non-hydrogen) atoms. The van der Waals surface area contributed by atoms with Gasteiger partial charge >= 0.3 is 18.2 Å². The molecule has 1 aliphatic carbocycles. The van der Waals surface area contributed by atoms with Crippen LogP contribution in [0, 0.1) is 0 Å². The Bertz CT molecular complexity index is 1830. The minimum atomic E-state index is -5.03. The Morgan fingerprint density at radius 2 is 1.77 bits per heavy atom. The van der Waals surface area contributed by atoms with Crippen molar-refractivity contribution in [2.24, 2.45) is 0 Å². The lowest BCUT2D eigenvalue weighted by Crippen LogP contribution is -2.59. The number of benzene rings is 2. The van der Waals surface area contributed by atoms with Gasteiger partial charge in [-0.2, -0.15) is 13.2 Å². The summed E-state index contributed by atoms with van der Waals surface area (Å²) in [5.41, 5.74) is 0.514. The molecule has 0 bridgehead atoms. The maximum absolute atomic E-state index is 13.5. The Morgan fingerprint density at radius 1 is 1.09 bits per heavy atom. The Labute approximate surface area is 291 Å². The van der Waals surface area contributed by atoms with Gasteiger partial charge in [0.15, 0.2) is 0 Å². The second-order valence-corrected chi connectivity index (χ2v) is 15.7. The molecule has 2 fully saturated rings. The SMILES string of the molecule is [2H]c1c([2H])c(S(=O)(=O)N[C@H]2CCN(C(=O)OC(C)(C)C)C2)c([2H])c([2H])c1O[C@H]1c2cc(Cl)cc(Br)c2C[C@@H]1N1CCN(C(=O)C(F)(F)F)[C@H](C)C1. The van der Waals surface area contributed by atoms with Gasteiger partial charge in [-0.1, -0.05) is 27.5 Å². The fourth-order valence-corrected chi connectivity index (χ4v) is 8.18. The summed E-state index contributed by atoms with van der Waals surface area (Å²) in [5.74, 6) is -2.47. The highest BCUT2D eigenvalue weighted by molar-refractivity contribution is 9.10. The topological polar surface area (TPSA) is 108 Å². The van der Waals surface area contributed by atoms with Crippen LogP contribution in [-0.2, 0) is 26.0 Å². The van der Waals surface area contributed by atoms with Crippen LogP contribution in [0.25, 0.3) is 0 Å². The Hall–Kier alpha value is -2.59. The van der Waals surface area contributed by atoms with Crippen LogP contribution in [-0.4, -0.2) is 97.7 Å². The molecule has 10 nitrogen and oxygen atoms in total. The third kappa shape index (κ3) is 8.18. The fraction of sp³-hybridized carbons (Fsp3) is 0.548. The van der Waals surface area contributed by atoms with Crippen molar-refractivity contribution in [3.05, 3.63) is 56.9 Å². The standard InChI is InChI=1S/C31H37BrClF3N4O6S/c1-18-16-38(11-12-40(18)28(41)31(34,35)36)26-15-23-24(13-19(33)14-25(23)32)27(26)45-21-5-7-22(8-6-21)47(43,44)37-20-9-10-39(17-20)29(42)46-30(2,3)4/h5-8,13-14,18,20,26-27,37H,9-12,15-17H2,1-4H3/t18-,20+,26+,27+/m1/s1/i5D,6D,7D,8D. The summed E-state index contributed by atoms with van der Waals surface area (Å²) < 4.78 is 116. The van der Waals surface area contributed by atoms with E-state index in [1.165, 1.54) is 11.8 Å². The molecule has 4 atom stereocenters. The molecule has 0 radical (unpaired) electrons. The highest BCUT2D eigenvalue weighted by atomic mass is 79.9. The van der Waals surface area contributed by atoms with Gasteiger partial charge in [-0.05, 0) is 88.0 Å². The molecule has 0 aromatic heterocycles. The van der Waals surface area contributed by atoms with Crippen LogP contribution in [0.4, 0.5) is 18.0 Å². The van der Waals surface area contributed by atoms with Crippen molar-refractivity contribution in [3.8, 4) is 5.75 Å². The van der Waals surface area contributed by atoms with Gasteiger partial charge in [0, 0.05) is 54.3 Å². The first-order chi connectivity index (χ1) is 23.5. The molecule has 2 heterocycles. The van der Waals surface area contributed by atoms with E-state index in [-0.39, 0.29) is 39.1 Å². The van der Waals surface area contributed by atoms with Crippen molar-refractivity contribution in [2.75, 3.05) is 32.7 Å². The molecule has 1 N–H and O–H groups in total. The monoisotopic (exact) mass is 768 g/mol. The first kappa shape index (κ1) is 30.5. The minimum absolute atomic E-state index is 0.0324. The fourth-order valence-electron chi connectivity index (χ4n) is 6.07. The molecule has 5 rings (SSSR count). The number of alkyl halides is 3. The number of ether oxygens (including phenoxy) is 2. The third-order valence-electron chi connectivity index (χ3n) is 8.15. The number of sulfonamides is 1. The molecular weight excluding hydrogens is 729 g/mol. The summed E-state index contributed by atoms with van der Waals surface area (Å²) >= 11 is 9.87. The Morgan fingerprint density at radius 3 is 2.38 bits per heavy atom. The Balaban J connectivity index is 1.43. The zero-order valence-corrected chi connectivity index (χ0v) is 29.2. The van der Waals surface area contributed by atoms with E-state index < -0.39 is 92.8 Å². The largest absolute Gasteiger partial charge is 0.484 e. The molecule has 2 saturated heterocycles. The van der Waals surface area contributed by atoms with Crippen molar-refractivity contribution >= 4 is 49.6 Å². The summed E-state index contributed by atoms with van der Waals surface area (Å²) in [6.07, 6.45) is -6.13. The summed E-state index contributed by atoms with van der Waals surface area (Å²) in [5, 5.41) is 0.313. The summed E-state index contributed by atoms with van der Waals surface area (Å²) in [6.45, 7) is 6.61. The highest BCUT2D eigenvalue weighted by Crippen LogP contribution is 2.43. The number of carbonyl (C=O) groups excluding carboxylic acids is 2. The molecule has 16 heteroatoms. The van der Waals surface area contributed by atoms with Crippen molar-refractivity contribution in [3.63, 3.8) is 0 Å². The second kappa shape index (κ2) is 13.4. The van der Waals surface area contributed by atoms with E-state index in [0.717, 1.165) is 10.5 Å². The molecule has 0 saturated carbocycles. The lowest BCUT2D eigenvalue weighted by Gasteiger charge is -2.43. The number of amides is 2. The number of fused-ring (bicyclic) bond motifs is 1. The number of rotatable bonds is 6. The van der Waals surface area contributed by atoms with Gasteiger partial charge in [-0.15, -0.1) is 0 Å². The number of hydrogen-bond acceptors (Lipinski definition) is 7. The predicted molar refractivity (Wildman–Crippen MR) is 172 cm³/mol. The molecule has 2 amide bonds. The van der Waals surface area contributed by atoms with E-state index in [0.29, 0.717) is 21.5 Å². The van der Waals surface area contributed by atoms with Gasteiger partial charge in [-0.3, -0.25) is 9.69 Å². The molecule has 2 aromatic carbocycles. The van der Waals surface area contributed by atoms with Gasteiger partial charge < -0.3 is 19.3 Å². The van der Waals surface area contributed by atoms with E-state index in [1.807, 2.05) is 4.90 Å². The van der Waals surface area contributed by atoms with Crippen molar-refractivity contribution in [1.29, 1.82) is 0 Å². The van der Waals surface area contributed by atoms with Gasteiger partial charge in [-0.25, -0.2) is 17.9 Å². The molecule has 0 spiro atoms. The van der Waals surface area contributed by atoms with Gasteiger partial charge in [0.05, 0.1) is 16.4 Å². The molecule has 0 unspecified atom stereocenters. The van der Waals surface area contributed by atoms with Gasteiger partial charge in [0.1, 0.15) is 17.5 Å². The van der Waals surface area contributed by atoms with Crippen LogP contribution in [0.3, 0.4) is 0 Å². The zero-order chi connectivity index (χ0) is 38.0. The molecule has 2 aliphatic heterocycles. The number of nitrogens with zero attached hydrogens (tertiary/aromatic N) is 3. The van der Waals surface area contributed by atoms with Crippen LogP contribution >= 0.6 is 27.5 Å². The number of likely N-dealkylation sites (tertiary alicyclic amines) is 1. The average Bonchev–Trinajstić information content (AvgIpc) is 3.61. The number of piperazine rings is 1. The minimum Gasteiger partial charge on any atom is -0.484 e. The predicted octanol–water partition coefficient (Wildman–Crippen LogP) is 5.53. The summed E-state index contributed by atoms with van der Waals surface area (Å²) in [4.78, 5) is 27.6. The maximum Gasteiger partial charge on any atom is 0.471 e. The number of carbonyl (C=O) groups is 2. The summed E-state index contributed by atoms with van der Waals surface area (Å²) in [7, 11) is -4.64. The molecule has 2 aromatic rings. The molecule has 3 aliphatic rings. The first-order valence-electron chi connectivity index (χ1n) is 16.9. The van der Waals surface area contributed by atoms with Gasteiger partial charge in [0.25, 0.3) is 0 Å². The number of nitrogens with one attached hydrogen (secondary N) is 1. The number of halogens is 5. The Kier molecular flexibility index (Phi) is 8.67. The van der Waals surface area contributed by atoms with E-state index in [4.69, 9.17) is 26.6 Å². The van der Waals surface area contributed by atoms with Gasteiger partial charge in [0.2, 0.25) is 10.0 Å². The van der Waals surface area contributed by atoms with Crippen LogP contribution in [0.5, 0.6) is 5.75 Å². The van der Waals surface area contributed by atoms with Crippen LogP contribution in [0.1, 0.15) is 56.8 Å². The van der Waals surface area contributed by atoms with Crippen LogP contribution in [0.15, 0.2) is 45.7 Å². The van der Waals surface area contributed by atoms with Crippen molar-refractivity contribution in [1.82, 2.24) is 19.4 Å². The molecule has 258 valence electrons. The van der Waals surface area contributed by atoms with Crippen LogP contribution in [0.2, 0.25) is 5.02 Å². The second-order valence-electron chi connectivity index (χ2n) is 12.8. The maximum atomic E-state index is 13.5. The summed E-state index contributed by atoms with van der Waals surface area (Å²) in [6, 6.07) is -2.22.